The summed E-state index contributed by atoms with van der Waals surface area (Å²) in [5.74, 6) is -0.689. The van der Waals surface area contributed by atoms with E-state index in [-0.39, 0.29) is 34.4 Å². The number of nitrogens with two attached hydrogens (primary N) is 1. The van der Waals surface area contributed by atoms with Crippen molar-refractivity contribution in [3.05, 3.63) is 63.8 Å². The molecule has 3 N–H and O–H groups in total. The molecule has 0 aliphatic rings. The van der Waals surface area contributed by atoms with Crippen LogP contribution in [0, 0.1) is 10.1 Å². The van der Waals surface area contributed by atoms with Crippen LogP contribution in [-0.2, 0) is 6.54 Å². The number of rotatable bonds is 10. The van der Waals surface area contributed by atoms with Crippen molar-refractivity contribution in [2.45, 2.75) is 13.0 Å². The zero-order valence-electron chi connectivity index (χ0n) is 19.1. The number of carbonyl (C=O) groups excluding carboxylic acids is 2. The van der Waals surface area contributed by atoms with Crippen molar-refractivity contribution in [1.82, 2.24) is 9.88 Å². The first-order valence-corrected chi connectivity index (χ1v) is 11.1. The fraction of sp³-hybridized carbons (Fsp3) is 0.227. The number of thiophene rings is 1. The van der Waals surface area contributed by atoms with Crippen molar-refractivity contribution in [2.24, 2.45) is 5.73 Å². The fourth-order valence-electron chi connectivity index (χ4n) is 3.15. The number of hydrogen-bond donors (Lipinski definition) is 2. The average Bonchev–Trinajstić information content (AvgIpc) is 3.14. The van der Waals surface area contributed by atoms with Crippen LogP contribution in [0.3, 0.4) is 0 Å². The van der Waals surface area contributed by atoms with Gasteiger partial charge in [0.1, 0.15) is 0 Å². The molecule has 36 heavy (non-hydrogen) atoms. The van der Waals surface area contributed by atoms with Crippen molar-refractivity contribution in [1.29, 1.82) is 0 Å². The molecule has 2 amide bonds. The molecule has 11 nitrogen and oxygen atoms in total. The van der Waals surface area contributed by atoms with E-state index in [0.717, 1.165) is 11.3 Å². The molecule has 0 saturated heterocycles. The molecule has 3 rings (SSSR count). The molecular weight excluding hydrogens is 500 g/mol. The third-order valence-corrected chi connectivity index (χ3v) is 5.72. The standard InChI is InChI=1S/C22H21F2N5O6S/c1-28(2)10-15-18(20(30)27-13-5-8-17(26-9-13)34-11-16(23)24)21(35-22(25)31)36-19(15)12-3-6-14(7-4-12)29(32)33/h3-9,16H,10-11H2,1-2H3,(H2,25,31)(H,27,30). The number of nitro groups is 1. The molecule has 0 aliphatic heterocycles. The monoisotopic (exact) mass is 521 g/mol. The molecule has 2 heterocycles. The number of amides is 2. The zero-order valence-corrected chi connectivity index (χ0v) is 19.9. The maximum Gasteiger partial charge on any atom is 0.410 e. The van der Waals surface area contributed by atoms with Crippen LogP contribution >= 0.6 is 11.3 Å². The normalized spacial score (nSPS) is 10.9. The van der Waals surface area contributed by atoms with Crippen molar-refractivity contribution < 1.29 is 32.8 Å². The second-order valence-corrected chi connectivity index (χ2v) is 8.56. The van der Waals surface area contributed by atoms with E-state index >= 15 is 0 Å². The number of halogens is 2. The summed E-state index contributed by atoms with van der Waals surface area (Å²) < 4.78 is 34.6. The Bertz CT molecular complexity index is 1250. The number of anilines is 1. The second kappa shape index (κ2) is 11.5. The maximum atomic E-state index is 13.3. The number of nitro benzene ring substituents is 1. The number of ether oxygens (including phenoxy) is 2. The SMILES string of the molecule is CN(C)Cc1c(-c2ccc([N+](=O)[O-])cc2)sc(OC(N)=O)c1C(=O)Nc1ccc(OCC(F)F)nc1. The van der Waals surface area contributed by atoms with E-state index in [0.29, 0.717) is 16.0 Å². The molecule has 0 saturated carbocycles. The highest BCUT2D eigenvalue weighted by atomic mass is 32.1. The van der Waals surface area contributed by atoms with Crippen LogP contribution in [-0.4, -0.2) is 53.9 Å². The maximum absolute atomic E-state index is 13.3. The van der Waals surface area contributed by atoms with Crippen LogP contribution in [0.5, 0.6) is 10.9 Å². The number of nitrogens with zero attached hydrogens (tertiary/aromatic N) is 3. The van der Waals surface area contributed by atoms with Crippen molar-refractivity contribution >= 4 is 34.7 Å². The Morgan fingerprint density at radius 2 is 1.92 bits per heavy atom. The molecule has 0 bridgehead atoms. The number of aromatic nitrogens is 1. The molecule has 190 valence electrons. The fourth-order valence-corrected chi connectivity index (χ4v) is 4.32. The Balaban J connectivity index is 1.99. The predicted molar refractivity (Wildman–Crippen MR) is 128 cm³/mol. The van der Waals surface area contributed by atoms with Crippen molar-refractivity contribution in [2.75, 3.05) is 26.0 Å². The van der Waals surface area contributed by atoms with E-state index in [1.54, 1.807) is 19.0 Å². The highest BCUT2D eigenvalue weighted by molar-refractivity contribution is 7.18. The van der Waals surface area contributed by atoms with Crippen molar-refractivity contribution in [3.8, 4) is 21.4 Å². The van der Waals surface area contributed by atoms with E-state index in [4.69, 9.17) is 15.2 Å². The largest absolute Gasteiger partial charge is 0.472 e. The molecule has 1 aromatic carbocycles. The smallest absolute Gasteiger partial charge is 0.410 e. The number of hydrogen-bond acceptors (Lipinski definition) is 9. The molecule has 0 spiro atoms. The number of pyridine rings is 1. The van der Waals surface area contributed by atoms with E-state index in [2.05, 4.69) is 10.3 Å². The van der Waals surface area contributed by atoms with Crippen molar-refractivity contribution in [3.63, 3.8) is 0 Å². The van der Waals surface area contributed by atoms with Gasteiger partial charge >= 0.3 is 6.09 Å². The van der Waals surface area contributed by atoms with Gasteiger partial charge in [0.05, 0.1) is 22.4 Å². The highest BCUT2D eigenvalue weighted by Gasteiger charge is 2.28. The van der Waals surface area contributed by atoms with E-state index in [1.165, 1.54) is 42.6 Å². The molecule has 0 aliphatic carbocycles. The van der Waals surface area contributed by atoms with Crippen LogP contribution in [0.2, 0.25) is 0 Å². The van der Waals surface area contributed by atoms with Gasteiger partial charge < -0.3 is 25.4 Å². The Kier molecular flexibility index (Phi) is 8.45. The van der Waals surface area contributed by atoms with Gasteiger partial charge in [0.25, 0.3) is 18.0 Å². The summed E-state index contributed by atoms with van der Waals surface area (Å²) in [7, 11) is 3.55. The zero-order chi connectivity index (χ0) is 26.4. The lowest BCUT2D eigenvalue weighted by Gasteiger charge is -2.14. The molecule has 0 radical (unpaired) electrons. The lowest BCUT2D eigenvalue weighted by atomic mass is 10.0. The summed E-state index contributed by atoms with van der Waals surface area (Å²) in [6.45, 7) is -0.562. The van der Waals surface area contributed by atoms with Gasteiger partial charge in [0, 0.05) is 35.2 Å². The number of benzene rings is 1. The molecule has 14 heteroatoms. The number of carbonyl (C=O) groups is 2. The molecule has 3 aromatic rings. The molecular formula is C22H21F2N5O6S. The van der Waals surface area contributed by atoms with Gasteiger partial charge in [0.2, 0.25) is 5.88 Å². The minimum atomic E-state index is -2.66. The highest BCUT2D eigenvalue weighted by Crippen LogP contribution is 2.43. The Hall–Kier alpha value is -4.17. The lowest BCUT2D eigenvalue weighted by Crippen LogP contribution is -2.21. The van der Waals surface area contributed by atoms with Gasteiger partial charge in [-0.25, -0.2) is 18.6 Å². The van der Waals surface area contributed by atoms with Gasteiger partial charge in [-0.2, -0.15) is 0 Å². The topological polar surface area (TPSA) is 150 Å². The molecule has 0 unspecified atom stereocenters. The van der Waals surface area contributed by atoms with Crippen LogP contribution in [0.4, 0.5) is 25.0 Å². The summed E-state index contributed by atoms with van der Waals surface area (Å²) in [5.41, 5.74) is 6.44. The van der Waals surface area contributed by atoms with Gasteiger partial charge in [-0.1, -0.05) is 11.3 Å². The number of non-ortho nitro benzene ring substituents is 1. The first kappa shape index (κ1) is 26.4. The van der Waals surface area contributed by atoms with Crippen LogP contribution in [0.25, 0.3) is 10.4 Å². The number of primary amides is 1. The summed E-state index contributed by atoms with van der Waals surface area (Å²) >= 11 is 0.987. The minimum absolute atomic E-state index is 0.0406. The summed E-state index contributed by atoms with van der Waals surface area (Å²) in [6.07, 6.45) is -2.56. The molecule has 0 atom stereocenters. The van der Waals surface area contributed by atoms with E-state index < -0.39 is 30.0 Å². The Morgan fingerprint density at radius 1 is 1.22 bits per heavy atom. The van der Waals surface area contributed by atoms with Gasteiger partial charge in [-0.15, -0.1) is 0 Å². The summed E-state index contributed by atoms with van der Waals surface area (Å²) in [6, 6.07) is 8.44. The predicted octanol–water partition coefficient (Wildman–Crippen LogP) is 4.13. The number of nitrogens with one attached hydrogen (secondary N) is 1. The lowest BCUT2D eigenvalue weighted by molar-refractivity contribution is -0.384. The van der Waals surface area contributed by atoms with Gasteiger partial charge in [-0.3, -0.25) is 14.9 Å². The first-order valence-electron chi connectivity index (χ1n) is 10.3. The average molecular weight is 522 g/mol. The van der Waals surface area contributed by atoms with E-state index in [1.807, 2.05) is 0 Å². The minimum Gasteiger partial charge on any atom is -0.472 e. The summed E-state index contributed by atoms with van der Waals surface area (Å²) in [4.78, 5) is 41.6. The second-order valence-electron chi connectivity index (χ2n) is 7.58. The van der Waals surface area contributed by atoms with Gasteiger partial charge in [-0.05, 0) is 37.9 Å². The third-order valence-electron chi connectivity index (χ3n) is 4.56. The van der Waals surface area contributed by atoms with E-state index in [9.17, 15) is 28.5 Å². The first-order chi connectivity index (χ1) is 17.0. The van der Waals surface area contributed by atoms with Crippen LogP contribution < -0.4 is 20.5 Å². The third kappa shape index (κ3) is 6.70. The van der Waals surface area contributed by atoms with Crippen LogP contribution in [0.15, 0.2) is 42.6 Å². The quantitative estimate of drug-likeness (QED) is 0.299. The van der Waals surface area contributed by atoms with Gasteiger partial charge in [0.15, 0.2) is 11.7 Å². The Morgan fingerprint density at radius 3 is 2.44 bits per heavy atom. The number of alkyl halides is 2. The summed E-state index contributed by atoms with van der Waals surface area (Å²) in [5, 5.41) is 13.6. The molecule has 0 fully saturated rings. The molecule has 2 aromatic heterocycles. The Labute approximate surface area is 207 Å². The van der Waals surface area contributed by atoms with Crippen LogP contribution in [0.1, 0.15) is 15.9 Å².